The summed E-state index contributed by atoms with van der Waals surface area (Å²) in [6.45, 7) is 9.06. The summed E-state index contributed by atoms with van der Waals surface area (Å²) in [6.07, 6.45) is 1.79. The maximum Gasteiger partial charge on any atom is 0.301 e. The molecule has 11 nitrogen and oxygen atoms in total. The molecule has 1 amide bonds. The van der Waals surface area contributed by atoms with E-state index in [-0.39, 0.29) is 5.91 Å². The number of rotatable bonds is 7. The van der Waals surface area contributed by atoms with E-state index in [9.17, 15) is 13.2 Å². The number of carbonyl (C=O) groups is 1. The maximum absolute atomic E-state index is 13.3. The monoisotopic (exact) mass is 540 g/mol. The van der Waals surface area contributed by atoms with Crippen LogP contribution in [0.3, 0.4) is 0 Å². The zero-order valence-corrected chi connectivity index (χ0v) is 23.0. The Hall–Kier alpha value is -3.35. The third kappa shape index (κ3) is 5.71. The summed E-state index contributed by atoms with van der Waals surface area (Å²) in [7, 11) is -1.65. The van der Waals surface area contributed by atoms with E-state index in [0.29, 0.717) is 69.8 Å². The molecule has 2 saturated heterocycles. The minimum Gasteiger partial charge on any atom is -0.380 e. The largest absolute Gasteiger partial charge is 0.380 e. The van der Waals surface area contributed by atoms with Crippen molar-refractivity contribution in [1.29, 1.82) is 0 Å². The number of hydrogen-bond acceptors (Lipinski definition) is 7. The Kier molecular flexibility index (Phi) is 7.46. The van der Waals surface area contributed by atoms with E-state index in [1.54, 1.807) is 30.5 Å². The molecule has 0 spiro atoms. The zero-order valence-electron chi connectivity index (χ0n) is 22.1. The van der Waals surface area contributed by atoms with Gasteiger partial charge in [0, 0.05) is 75.5 Å². The van der Waals surface area contributed by atoms with Gasteiger partial charge in [-0.15, -0.1) is 0 Å². The molecule has 1 aromatic carbocycles. The molecule has 2 fully saturated rings. The predicted molar refractivity (Wildman–Crippen MR) is 151 cm³/mol. The highest BCUT2D eigenvalue weighted by Gasteiger charge is 2.27. The van der Waals surface area contributed by atoms with Gasteiger partial charge in [-0.2, -0.15) is 12.7 Å². The molecule has 2 aromatic heterocycles. The van der Waals surface area contributed by atoms with Crippen LogP contribution in [0.5, 0.6) is 0 Å². The Morgan fingerprint density at radius 2 is 1.74 bits per heavy atom. The number of fused-ring (bicyclic) bond motifs is 1. The molecule has 12 heteroatoms. The van der Waals surface area contributed by atoms with Gasteiger partial charge >= 0.3 is 10.2 Å². The SMILES string of the molecule is CC(C)Nc1cccnc1N1CCN(C(=O)c2cc3cc(NS(=O)(=O)N4CCN(C)CC4)ccc3[nH]2)CC1. The number of likely N-dealkylation sites (N-methyl/N-ethyl adjacent to an activating group) is 1. The highest BCUT2D eigenvalue weighted by Crippen LogP contribution is 2.26. The highest BCUT2D eigenvalue weighted by atomic mass is 32.2. The third-order valence-electron chi connectivity index (χ3n) is 7.00. The van der Waals surface area contributed by atoms with Gasteiger partial charge in [0.2, 0.25) is 0 Å². The summed E-state index contributed by atoms with van der Waals surface area (Å²) in [5.41, 5.74) is 2.75. The van der Waals surface area contributed by atoms with Crippen molar-refractivity contribution in [1.82, 2.24) is 24.1 Å². The van der Waals surface area contributed by atoms with Crippen LogP contribution in [0, 0.1) is 0 Å². The van der Waals surface area contributed by atoms with Crippen LogP contribution in [-0.2, 0) is 10.2 Å². The molecule has 3 N–H and O–H groups in total. The maximum atomic E-state index is 13.3. The molecule has 0 saturated carbocycles. The molecule has 5 rings (SSSR count). The van der Waals surface area contributed by atoms with Crippen LogP contribution in [0.4, 0.5) is 17.2 Å². The second kappa shape index (κ2) is 10.8. The molecule has 3 aromatic rings. The Labute approximate surface area is 224 Å². The number of amides is 1. The Morgan fingerprint density at radius 1 is 1.00 bits per heavy atom. The number of piperazine rings is 2. The highest BCUT2D eigenvalue weighted by molar-refractivity contribution is 7.90. The van der Waals surface area contributed by atoms with Crippen molar-refractivity contribution in [3.8, 4) is 0 Å². The van der Waals surface area contributed by atoms with Crippen molar-refractivity contribution >= 4 is 44.2 Å². The first-order valence-corrected chi connectivity index (χ1v) is 14.5. The Bertz CT molecular complexity index is 1390. The van der Waals surface area contributed by atoms with Crippen molar-refractivity contribution in [2.75, 3.05) is 74.3 Å². The van der Waals surface area contributed by atoms with Gasteiger partial charge in [0.25, 0.3) is 5.91 Å². The van der Waals surface area contributed by atoms with Gasteiger partial charge in [0.15, 0.2) is 5.82 Å². The van der Waals surface area contributed by atoms with Gasteiger partial charge in [0.1, 0.15) is 5.69 Å². The Balaban J connectivity index is 1.24. The summed E-state index contributed by atoms with van der Waals surface area (Å²) >= 11 is 0. The van der Waals surface area contributed by atoms with Gasteiger partial charge in [0.05, 0.1) is 11.4 Å². The average Bonchev–Trinajstić information content (AvgIpc) is 3.32. The quantitative estimate of drug-likeness (QED) is 0.421. The lowest BCUT2D eigenvalue weighted by Gasteiger charge is -2.36. The summed E-state index contributed by atoms with van der Waals surface area (Å²) in [5, 5.41) is 4.23. The molecule has 204 valence electrons. The summed E-state index contributed by atoms with van der Waals surface area (Å²) in [6, 6.07) is 11.3. The van der Waals surface area contributed by atoms with E-state index in [4.69, 9.17) is 0 Å². The smallest absolute Gasteiger partial charge is 0.301 e. The molecule has 2 aliphatic rings. The fourth-order valence-electron chi connectivity index (χ4n) is 4.92. The van der Waals surface area contributed by atoms with E-state index in [1.165, 1.54) is 4.31 Å². The van der Waals surface area contributed by atoms with Crippen molar-refractivity contribution in [3.63, 3.8) is 0 Å². The molecular formula is C26H36N8O3S. The molecular weight excluding hydrogens is 504 g/mol. The Morgan fingerprint density at radius 3 is 2.45 bits per heavy atom. The molecule has 0 atom stereocenters. The van der Waals surface area contributed by atoms with Gasteiger partial charge in [-0.25, -0.2) is 4.98 Å². The van der Waals surface area contributed by atoms with Gasteiger partial charge in [-0.1, -0.05) is 0 Å². The van der Waals surface area contributed by atoms with Crippen molar-refractivity contribution < 1.29 is 13.2 Å². The van der Waals surface area contributed by atoms with E-state index in [2.05, 4.69) is 43.7 Å². The summed E-state index contributed by atoms with van der Waals surface area (Å²) in [5.74, 6) is 0.840. The van der Waals surface area contributed by atoms with Crippen LogP contribution >= 0.6 is 0 Å². The average molecular weight is 541 g/mol. The van der Waals surface area contributed by atoms with Crippen LogP contribution in [0.25, 0.3) is 10.9 Å². The number of hydrogen-bond donors (Lipinski definition) is 3. The lowest BCUT2D eigenvalue weighted by atomic mass is 10.2. The van der Waals surface area contributed by atoms with E-state index >= 15 is 0 Å². The number of aromatic amines is 1. The lowest BCUT2D eigenvalue weighted by Crippen LogP contribution is -2.49. The standard InChI is InChI=1S/C26H36N8O3S/c1-19(2)28-23-5-4-8-27-25(23)32-11-13-33(14-12-32)26(35)24-18-20-17-21(6-7-22(20)29-24)30-38(36,37)34-15-9-31(3)10-16-34/h4-8,17-19,28-30H,9-16H2,1-3H3. The van der Waals surface area contributed by atoms with E-state index in [0.717, 1.165) is 22.4 Å². The van der Waals surface area contributed by atoms with Crippen molar-refractivity contribution in [2.45, 2.75) is 19.9 Å². The number of nitrogens with zero attached hydrogens (tertiary/aromatic N) is 5. The lowest BCUT2D eigenvalue weighted by molar-refractivity contribution is 0.0741. The first kappa shape index (κ1) is 26.3. The molecule has 0 unspecified atom stereocenters. The number of anilines is 3. The molecule has 0 aliphatic carbocycles. The van der Waals surface area contributed by atoms with Crippen molar-refractivity contribution in [2.24, 2.45) is 0 Å². The number of carbonyl (C=O) groups excluding carboxylic acids is 1. The van der Waals surface area contributed by atoms with E-state index in [1.807, 2.05) is 24.1 Å². The minimum atomic E-state index is -3.64. The van der Waals surface area contributed by atoms with Crippen LogP contribution in [-0.4, -0.2) is 104 Å². The first-order valence-electron chi connectivity index (χ1n) is 13.0. The van der Waals surface area contributed by atoms with Crippen LogP contribution in [0.15, 0.2) is 42.6 Å². The second-order valence-corrected chi connectivity index (χ2v) is 11.9. The predicted octanol–water partition coefficient (Wildman–Crippen LogP) is 2.25. The van der Waals surface area contributed by atoms with Crippen LogP contribution in [0.2, 0.25) is 0 Å². The zero-order chi connectivity index (χ0) is 26.9. The fourth-order valence-corrected chi connectivity index (χ4v) is 6.12. The fraction of sp³-hybridized carbons (Fsp3) is 0.462. The molecule has 38 heavy (non-hydrogen) atoms. The third-order valence-corrected chi connectivity index (χ3v) is 8.54. The number of nitrogens with one attached hydrogen (secondary N) is 3. The van der Waals surface area contributed by atoms with Gasteiger partial charge < -0.3 is 25.0 Å². The van der Waals surface area contributed by atoms with Gasteiger partial charge in [-0.3, -0.25) is 9.52 Å². The van der Waals surface area contributed by atoms with Gasteiger partial charge in [-0.05, 0) is 57.3 Å². The number of aromatic nitrogens is 2. The number of pyridine rings is 1. The topological polar surface area (TPSA) is 117 Å². The summed E-state index contributed by atoms with van der Waals surface area (Å²) in [4.78, 5) is 27.2. The molecule has 0 bridgehead atoms. The molecule has 2 aliphatic heterocycles. The first-order chi connectivity index (χ1) is 18.2. The van der Waals surface area contributed by atoms with Crippen molar-refractivity contribution in [3.05, 3.63) is 48.3 Å². The molecule has 4 heterocycles. The number of benzene rings is 1. The van der Waals surface area contributed by atoms with E-state index < -0.39 is 10.2 Å². The summed E-state index contributed by atoms with van der Waals surface area (Å²) < 4.78 is 29.8. The van der Waals surface area contributed by atoms with Crippen LogP contribution in [0.1, 0.15) is 24.3 Å². The normalized spacial score (nSPS) is 17.8. The second-order valence-electron chi connectivity index (χ2n) is 10.2. The molecule has 0 radical (unpaired) electrons. The van der Waals surface area contributed by atoms with Crippen LogP contribution < -0.4 is 14.9 Å². The minimum absolute atomic E-state index is 0.0676. The number of H-pyrrole nitrogens is 1.